The predicted octanol–water partition coefficient (Wildman–Crippen LogP) is 0.982. The zero-order valence-electron chi connectivity index (χ0n) is 12.9. The highest BCUT2D eigenvalue weighted by Gasteiger charge is 2.23. The fourth-order valence-corrected chi connectivity index (χ4v) is 2.58. The van der Waals surface area contributed by atoms with Gasteiger partial charge >= 0.3 is 0 Å². The van der Waals surface area contributed by atoms with Crippen LogP contribution in [0.25, 0.3) is 11.0 Å². The van der Waals surface area contributed by atoms with E-state index in [0.29, 0.717) is 18.3 Å². The van der Waals surface area contributed by atoms with Gasteiger partial charge in [-0.2, -0.15) is 20.0 Å². The predicted molar refractivity (Wildman–Crippen MR) is 81.6 cm³/mol. The third-order valence-electron chi connectivity index (χ3n) is 3.75. The molecule has 1 aromatic carbocycles. The van der Waals surface area contributed by atoms with Crippen LogP contribution in [0.2, 0.25) is 0 Å². The average molecular weight is 328 g/mol. The summed E-state index contributed by atoms with van der Waals surface area (Å²) in [7, 11) is 0. The number of fused-ring (bicyclic) bond motifs is 1. The van der Waals surface area contributed by atoms with Crippen LogP contribution >= 0.6 is 0 Å². The van der Waals surface area contributed by atoms with Crippen LogP contribution in [0.15, 0.2) is 28.8 Å². The molecule has 0 unspecified atom stereocenters. The number of carbonyl (C=O) groups is 1. The summed E-state index contributed by atoms with van der Waals surface area (Å²) in [5, 5.41) is 15.1. The number of hydrogen-bond acceptors (Lipinski definition) is 7. The molecule has 2 aromatic heterocycles. The fourth-order valence-electron chi connectivity index (χ4n) is 2.58. The Labute approximate surface area is 137 Å². The van der Waals surface area contributed by atoms with Crippen molar-refractivity contribution in [3.05, 3.63) is 36.0 Å². The van der Waals surface area contributed by atoms with Gasteiger partial charge in [-0.1, -0.05) is 17.3 Å². The summed E-state index contributed by atoms with van der Waals surface area (Å²) in [4.78, 5) is 17.6. The Bertz CT molecular complexity index is 819. The zero-order valence-corrected chi connectivity index (χ0v) is 12.9. The van der Waals surface area contributed by atoms with Crippen molar-refractivity contribution >= 4 is 16.9 Å². The second kappa shape index (κ2) is 6.36. The second-order valence-electron chi connectivity index (χ2n) is 5.55. The molecule has 3 heterocycles. The normalized spacial score (nSPS) is 17.4. The molecule has 1 fully saturated rings. The van der Waals surface area contributed by atoms with Gasteiger partial charge in [0.05, 0.1) is 6.54 Å². The van der Waals surface area contributed by atoms with Crippen LogP contribution in [0.1, 0.15) is 30.7 Å². The summed E-state index contributed by atoms with van der Waals surface area (Å²) >= 11 is 0. The number of hydrogen-bond donors (Lipinski definition) is 1. The minimum absolute atomic E-state index is 0.0329. The molecule has 0 aliphatic carbocycles. The molecule has 124 valence electrons. The van der Waals surface area contributed by atoms with E-state index in [2.05, 4.69) is 25.7 Å². The van der Waals surface area contributed by atoms with Gasteiger partial charge in [0.25, 0.3) is 5.89 Å². The number of aromatic nitrogens is 5. The zero-order chi connectivity index (χ0) is 16.4. The summed E-state index contributed by atoms with van der Waals surface area (Å²) < 4.78 is 10.7. The maximum Gasteiger partial charge on any atom is 0.255 e. The van der Waals surface area contributed by atoms with Crippen LogP contribution in [0, 0.1) is 0 Å². The van der Waals surface area contributed by atoms with E-state index >= 15 is 0 Å². The topological polar surface area (TPSA) is 108 Å². The summed E-state index contributed by atoms with van der Waals surface area (Å²) in [6.45, 7) is 0.936. The summed E-state index contributed by atoms with van der Waals surface area (Å²) in [5.41, 5.74) is 1.51. The van der Waals surface area contributed by atoms with Crippen LogP contribution in [-0.4, -0.2) is 37.6 Å². The molecule has 0 radical (unpaired) electrons. The average Bonchev–Trinajstić information content (AvgIpc) is 3.31. The quantitative estimate of drug-likeness (QED) is 0.743. The third-order valence-corrected chi connectivity index (χ3v) is 3.75. The lowest BCUT2D eigenvalue weighted by atomic mass is 10.2. The maximum atomic E-state index is 12.0. The summed E-state index contributed by atoms with van der Waals surface area (Å²) in [5.74, 6) is 0.669. The largest absolute Gasteiger partial charge is 0.368 e. The van der Waals surface area contributed by atoms with Crippen molar-refractivity contribution in [3.63, 3.8) is 0 Å². The molecular formula is C15H16N6O3. The number of nitrogens with one attached hydrogen (secondary N) is 1. The van der Waals surface area contributed by atoms with Gasteiger partial charge in [-0.25, -0.2) is 0 Å². The molecule has 1 atom stereocenters. The minimum Gasteiger partial charge on any atom is -0.368 e. The van der Waals surface area contributed by atoms with Gasteiger partial charge in [0, 0.05) is 6.61 Å². The van der Waals surface area contributed by atoms with E-state index < -0.39 is 0 Å². The molecule has 0 bridgehead atoms. The molecule has 0 spiro atoms. The molecule has 1 aliphatic rings. The molecule has 3 aromatic rings. The number of ether oxygens (including phenoxy) is 1. The van der Waals surface area contributed by atoms with Crippen molar-refractivity contribution < 1.29 is 14.1 Å². The van der Waals surface area contributed by atoms with Crippen LogP contribution in [0.3, 0.4) is 0 Å². The van der Waals surface area contributed by atoms with Gasteiger partial charge < -0.3 is 14.6 Å². The molecule has 9 heteroatoms. The summed E-state index contributed by atoms with van der Waals surface area (Å²) in [6, 6.07) is 7.46. The molecule has 1 aliphatic heterocycles. The number of rotatable bonds is 5. The molecule has 1 saturated heterocycles. The van der Waals surface area contributed by atoms with E-state index in [1.54, 1.807) is 0 Å². The van der Waals surface area contributed by atoms with Gasteiger partial charge in [-0.05, 0) is 25.0 Å². The molecule has 4 rings (SSSR count). The number of amides is 1. The Morgan fingerprint density at radius 2 is 2.08 bits per heavy atom. The maximum absolute atomic E-state index is 12.0. The molecule has 1 N–H and O–H groups in total. The first-order chi connectivity index (χ1) is 11.8. The Morgan fingerprint density at radius 3 is 2.79 bits per heavy atom. The minimum atomic E-state index is -0.223. The molecule has 0 saturated carbocycles. The standard InChI is InChI=1S/C15H16N6O3/c22-14(9-21-18-10-4-1-2-5-11(10)19-21)16-8-13-17-15(24-20-13)12-6-3-7-23-12/h1-2,4-5,12H,3,6-9H2,(H,16,22)/t12-/m0/s1. The highest BCUT2D eigenvalue weighted by Crippen LogP contribution is 2.26. The van der Waals surface area contributed by atoms with Gasteiger partial charge in [0.1, 0.15) is 23.7 Å². The lowest BCUT2D eigenvalue weighted by molar-refractivity contribution is -0.122. The van der Waals surface area contributed by atoms with Gasteiger partial charge in [0.15, 0.2) is 5.82 Å². The number of carbonyl (C=O) groups excluding carboxylic acids is 1. The molecule has 1 amide bonds. The Balaban J connectivity index is 1.33. The Kier molecular flexibility index (Phi) is 3.91. The van der Waals surface area contributed by atoms with Crippen LogP contribution in [0.4, 0.5) is 0 Å². The van der Waals surface area contributed by atoms with E-state index in [1.165, 1.54) is 4.80 Å². The van der Waals surface area contributed by atoms with E-state index in [0.717, 1.165) is 23.9 Å². The van der Waals surface area contributed by atoms with E-state index in [4.69, 9.17) is 9.26 Å². The van der Waals surface area contributed by atoms with Crippen molar-refractivity contribution in [2.45, 2.75) is 32.0 Å². The van der Waals surface area contributed by atoms with E-state index in [9.17, 15) is 4.79 Å². The highest BCUT2D eigenvalue weighted by atomic mass is 16.5. The van der Waals surface area contributed by atoms with Crippen LogP contribution in [-0.2, 0) is 22.6 Å². The number of benzene rings is 1. The van der Waals surface area contributed by atoms with Crippen molar-refractivity contribution in [3.8, 4) is 0 Å². The van der Waals surface area contributed by atoms with Crippen LogP contribution < -0.4 is 5.32 Å². The van der Waals surface area contributed by atoms with Gasteiger partial charge in [-0.15, -0.1) is 0 Å². The fraction of sp³-hybridized carbons (Fsp3) is 0.400. The summed E-state index contributed by atoms with van der Waals surface area (Å²) in [6.07, 6.45) is 1.75. The lowest BCUT2D eigenvalue weighted by Crippen LogP contribution is -2.28. The van der Waals surface area contributed by atoms with Crippen molar-refractivity contribution in [2.75, 3.05) is 6.61 Å². The Hall–Kier alpha value is -2.81. The SMILES string of the molecule is O=C(Cn1nc2ccccc2n1)NCc1noc([C@@H]2CCCO2)n1. The van der Waals surface area contributed by atoms with Crippen molar-refractivity contribution in [1.29, 1.82) is 0 Å². The monoisotopic (exact) mass is 328 g/mol. The third kappa shape index (κ3) is 3.11. The molecule has 9 nitrogen and oxygen atoms in total. The number of nitrogens with zero attached hydrogens (tertiary/aromatic N) is 5. The second-order valence-corrected chi connectivity index (χ2v) is 5.55. The van der Waals surface area contributed by atoms with Crippen LogP contribution in [0.5, 0.6) is 0 Å². The molecular weight excluding hydrogens is 312 g/mol. The van der Waals surface area contributed by atoms with Gasteiger partial charge in [0.2, 0.25) is 5.91 Å². The lowest BCUT2D eigenvalue weighted by Gasteiger charge is -2.02. The van der Waals surface area contributed by atoms with Crippen molar-refractivity contribution in [1.82, 2.24) is 30.5 Å². The first kappa shape index (κ1) is 14.8. The first-order valence-electron chi connectivity index (χ1n) is 7.78. The van der Waals surface area contributed by atoms with E-state index in [1.807, 2.05) is 24.3 Å². The smallest absolute Gasteiger partial charge is 0.255 e. The van der Waals surface area contributed by atoms with Gasteiger partial charge in [-0.3, -0.25) is 4.79 Å². The Morgan fingerprint density at radius 1 is 1.29 bits per heavy atom. The van der Waals surface area contributed by atoms with E-state index in [-0.39, 0.29) is 25.1 Å². The first-order valence-corrected chi connectivity index (χ1v) is 7.78. The van der Waals surface area contributed by atoms with Crippen molar-refractivity contribution in [2.24, 2.45) is 0 Å². The highest BCUT2D eigenvalue weighted by molar-refractivity contribution is 5.76. The molecule has 24 heavy (non-hydrogen) atoms.